The van der Waals surface area contributed by atoms with Gasteiger partial charge in [0.25, 0.3) is 5.91 Å². The van der Waals surface area contributed by atoms with Crippen LogP contribution < -0.4 is 0 Å². The van der Waals surface area contributed by atoms with Gasteiger partial charge in [-0.15, -0.1) is 0 Å². The van der Waals surface area contributed by atoms with E-state index in [0.717, 1.165) is 5.56 Å². The number of rotatable bonds is 4. The summed E-state index contributed by atoms with van der Waals surface area (Å²) in [7, 11) is -2.71. The van der Waals surface area contributed by atoms with Gasteiger partial charge in [-0.1, -0.05) is 36.9 Å². The molecule has 2 aliphatic rings. The molecule has 0 aliphatic carbocycles. The lowest BCUT2D eigenvalue weighted by Crippen LogP contribution is -2.45. The Morgan fingerprint density at radius 3 is 2.50 bits per heavy atom. The highest BCUT2D eigenvalue weighted by molar-refractivity contribution is 7.94. The van der Waals surface area contributed by atoms with Crippen molar-refractivity contribution in [2.24, 2.45) is 10.3 Å². The molecule has 30 heavy (non-hydrogen) atoms. The van der Waals surface area contributed by atoms with Crippen LogP contribution in [0.5, 0.6) is 0 Å². The maximum atomic E-state index is 13.0. The highest BCUT2D eigenvalue weighted by atomic mass is 32.2. The first kappa shape index (κ1) is 22.0. The van der Waals surface area contributed by atoms with Gasteiger partial charge in [0.2, 0.25) is 5.91 Å². The lowest BCUT2D eigenvalue weighted by atomic mass is 9.97. The molecular weight excluding hydrogens is 406 g/mol. The zero-order valence-corrected chi connectivity index (χ0v) is 17.7. The minimum absolute atomic E-state index is 0.140. The summed E-state index contributed by atoms with van der Waals surface area (Å²) in [5.41, 5.74) is 0.892. The molecule has 0 N–H and O–H groups in total. The molecule has 162 valence electrons. The zero-order valence-electron chi connectivity index (χ0n) is 16.9. The van der Waals surface area contributed by atoms with Crippen LogP contribution in [0.1, 0.15) is 18.4 Å². The summed E-state index contributed by atoms with van der Waals surface area (Å²) < 4.78 is 22.4. The number of amides is 3. The van der Waals surface area contributed by atoms with E-state index in [0.29, 0.717) is 19.4 Å². The average Bonchev–Trinajstić information content (AvgIpc) is 2.78. The van der Waals surface area contributed by atoms with Gasteiger partial charge in [0.05, 0.1) is 27.2 Å². The van der Waals surface area contributed by atoms with Crippen molar-refractivity contribution in [1.82, 2.24) is 9.80 Å². The third kappa shape index (κ3) is 5.69. The smallest absolute Gasteiger partial charge is 0.410 e. The first-order valence-corrected chi connectivity index (χ1v) is 11.9. The predicted molar refractivity (Wildman–Crippen MR) is 113 cm³/mol. The van der Waals surface area contributed by atoms with E-state index in [1.807, 2.05) is 30.3 Å². The van der Waals surface area contributed by atoms with Gasteiger partial charge >= 0.3 is 6.09 Å². The van der Waals surface area contributed by atoms with E-state index in [1.165, 1.54) is 11.0 Å². The van der Waals surface area contributed by atoms with E-state index in [4.69, 9.17) is 4.74 Å². The van der Waals surface area contributed by atoms with Crippen LogP contribution in [0.2, 0.25) is 0 Å². The number of piperidine rings is 1. The van der Waals surface area contributed by atoms with Crippen molar-refractivity contribution in [2.45, 2.75) is 19.4 Å². The highest BCUT2D eigenvalue weighted by Gasteiger charge is 2.30. The van der Waals surface area contributed by atoms with Crippen molar-refractivity contribution >= 4 is 27.6 Å². The Hall–Kier alpha value is -2.68. The topological polar surface area (TPSA) is 96.4 Å². The normalized spacial score (nSPS) is 20.9. The molecule has 1 atom stereocenters. The third-order valence-electron chi connectivity index (χ3n) is 5.34. The van der Waals surface area contributed by atoms with Crippen molar-refractivity contribution in [3.8, 4) is 0 Å². The number of carbonyl (C=O) groups excluding carboxylic acids is 3. The molecule has 1 aromatic rings. The van der Waals surface area contributed by atoms with Crippen molar-refractivity contribution in [3.05, 3.63) is 48.6 Å². The molecular formula is C21H27N3O5S. The summed E-state index contributed by atoms with van der Waals surface area (Å²) >= 11 is 0. The summed E-state index contributed by atoms with van der Waals surface area (Å²) in [6, 6.07) is 9.37. The molecule has 0 aromatic heterocycles. The van der Waals surface area contributed by atoms with Crippen LogP contribution in [0, 0.1) is 5.92 Å². The average molecular weight is 434 g/mol. The van der Waals surface area contributed by atoms with Crippen molar-refractivity contribution in [2.75, 3.05) is 37.7 Å². The predicted octanol–water partition coefficient (Wildman–Crippen LogP) is 2.06. The number of carbonyl (C=O) groups is 3. The number of hydrogen-bond acceptors (Lipinski definition) is 5. The molecule has 9 heteroatoms. The lowest BCUT2D eigenvalue weighted by Gasteiger charge is -2.31. The van der Waals surface area contributed by atoms with Gasteiger partial charge in [-0.2, -0.15) is 4.36 Å². The largest absolute Gasteiger partial charge is 0.445 e. The van der Waals surface area contributed by atoms with Crippen LogP contribution in [-0.4, -0.2) is 69.6 Å². The molecule has 0 radical (unpaired) electrons. The molecule has 0 spiro atoms. The lowest BCUT2D eigenvalue weighted by molar-refractivity contribution is -0.130. The molecule has 2 saturated heterocycles. The summed E-state index contributed by atoms with van der Waals surface area (Å²) in [6.07, 6.45) is 2.10. The van der Waals surface area contributed by atoms with E-state index in [1.54, 1.807) is 4.90 Å². The van der Waals surface area contributed by atoms with Crippen LogP contribution in [0.25, 0.3) is 0 Å². The number of hydrogen-bond donors (Lipinski definition) is 0. The van der Waals surface area contributed by atoms with Crippen LogP contribution in [0.15, 0.2) is 47.3 Å². The van der Waals surface area contributed by atoms with Gasteiger partial charge < -0.3 is 14.5 Å². The maximum absolute atomic E-state index is 13.0. The van der Waals surface area contributed by atoms with E-state index >= 15 is 0 Å². The summed E-state index contributed by atoms with van der Waals surface area (Å²) in [5.74, 6) is -0.780. The fourth-order valence-corrected chi connectivity index (χ4v) is 5.43. The molecule has 1 unspecified atom stereocenters. The molecule has 2 aliphatic heterocycles. The van der Waals surface area contributed by atoms with Gasteiger partial charge in [-0.3, -0.25) is 9.59 Å². The zero-order chi connectivity index (χ0) is 21.6. The number of benzene rings is 1. The minimum Gasteiger partial charge on any atom is -0.445 e. The van der Waals surface area contributed by atoms with E-state index in [9.17, 15) is 18.6 Å². The van der Waals surface area contributed by atoms with Crippen LogP contribution in [0.3, 0.4) is 0 Å². The van der Waals surface area contributed by atoms with E-state index < -0.39 is 27.6 Å². The molecule has 0 saturated carbocycles. The Morgan fingerprint density at radius 2 is 1.83 bits per heavy atom. The summed E-state index contributed by atoms with van der Waals surface area (Å²) in [5, 5.41) is 0. The Bertz CT molecular complexity index is 910. The molecule has 8 nitrogen and oxygen atoms in total. The minimum atomic E-state index is -2.71. The molecule has 2 fully saturated rings. The molecule has 0 bridgehead atoms. The van der Waals surface area contributed by atoms with Crippen LogP contribution in [-0.2, 0) is 30.7 Å². The van der Waals surface area contributed by atoms with Gasteiger partial charge in [0.1, 0.15) is 6.61 Å². The summed E-state index contributed by atoms with van der Waals surface area (Å²) in [4.78, 5) is 39.7. The van der Waals surface area contributed by atoms with Crippen molar-refractivity contribution in [3.63, 3.8) is 0 Å². The number of ether oxygens (including phenoxy) is 1. The second kappa shape index (κ2) is 9.88. The first-order valence-electron chi connectivity index (χ1n) is 10.0. The van der Waals surface area contributed by atoms with Crippen LogP contribution in [0.4, 0.5) is 4.79 Å². The molecule has 3 amide bonds. The Labute approximate surface area is 177 Å². The third-order valence-corrected chi connectivity index (χ3v) is 7.49. The standard InChI is InChI=1S/C21H27N3O5S/c1-2-19(25)24-10-6-9-18(15-24)20(26)22-30(28)13-11-23(12-14-30)21(27)29-16-17-7-4-3-5-8-17/h2-5,7-8,18H,1,6,9-16H2. The Balaban J connectivity index is 1.53. The number of likely N-dealkylation sites (tertiary alicyclic amines) is 1. The molecule has 2 heterocycles. The van der Waals surface area contributed by atoms with Crippen molar-refractivity contribution in [1.29, 1.82) is 0 Å². The van der Waals surface area contributed by atoms with Crippen LogP contribution >= 0.6 is 0 Å². The Kier molecular flexibility index (Phi) is 7.25. The maximum Gasteiger partial charge on any atom is 0.410 e. The fourth-order valence-electron chi connectivity index (χ4n) is 3.55. The summed E-state index contributed by atoms with van der Waals surface area (Å²) in [6.45, 7) is 4.98. The second-order valence-electron chi connectivity index (χ2n) is 7.47. The SMILES string of the molecule is C=CC(=O)N1CCCC(C(=O)N=S2(=O)CCN(C(=O)OCc3ccccc3)CC2)C1. The molecule has 1 aromatic carbocycles. The van der Waals surface area contributed by atoms with Gasteiger partial charge in [-0.05, 0) is 24.5 Å². The first-order chi connectivity index (χ1) is 14.4. The van der Waals surface area contributed by atoms with Gasteiger partial charge in [0, 0.05) is 26.2 Å². The second-order valence-corrected chi connectivity index (χ2v) is 10.0. The Morgan fingerprint density at radius 1 is 1.13 bits per heavy atom. The fraction of sp³-hybridized carbons (Fsp3) is 0.476. The molecule has 3 rings (SSSR count). The van der Waals surface area contributed by atoms with E-state index in [-0.39, 0.29) is 43.7 Å². The van der Waals surface area contributed by atoms with E-state index in [2.05, 4.69) is 10.9 Å². The van der Waals surface area contributed by atoms with Gasteiger partial charge in [0.15, 0.2) is 0 Å². The van der Waals surface area contributed by atoms with Crippen molar-refractivity contribution < 1.29 is 23.3 Å². The quantitative estimate of drug-likeness (QED) is 0.677. The number of nitrogens with zero attached hydrogens (tertiary/aromatic N) is 3. The monoisotopic (exact) mass is 433 g/mol. The highest BCUT2D eigenvalue weighted by Crippen LogP contribution is 2.20. The van der Waals surface area contributed by atoms with Gasteiger partial charge in [-0.25, -0.2) is 9.00 Å².